The number of rotatable bonds is 9. The van der Waals surface area contributed by atoms with Crippen LogP contribution in [0.4, 0.5) is 5.69 Å². The summed E-state index contributed by atoms with van der Waals surface area (Å²) < 4.78 is 31.2. The highest BCUT2D eigenvalue weighted by molar-refractivity contribution is 7.89. The molecular weight excluding hydrogens is 420 g/mol. The summed E-state index contributed by atoms with van der Waals surface area (Å²) in [6.45, 7) is 0.502. The minimum absolute atomic E-state index is 0.000453. The van der Waals surface area contributed by atoms with Crippen molar-refractivity contribution in [3.8, 4) is 5.75 Å². The van der Waals surface area contributed by atoms with E-state index in [9.17, 15) is 13.2 Å². The Morgan fingerprint density at radius 2 is 1.77 bits per heavy atom. The molecule has 0 spiro atoms. The molecule has 0 saturated heterocycles. The van der Waals surface area contributed by atoms with Crippen LogP contribution in [0.3, 0.4) is 0 Å². The summed E-state index contributed by atoms with van der Waals surface area (Å²) >= 11 is 1.61. The molecule has 0 unspecified atom stereocenters. The first-order chi connectivity index (χ1) is 14.4. The molecule has 0 aliphatic carbocycles. The van der Waals surface area contributed by atoms with Crippen molar-refractivity contribution in [2.45, 2.75) is 24.3 Å². The smallest absolute Gasteiger partial charge is 0.240 e. The standard InChI is InChI=1S/C22H24N2O4S2/c1-23-30(26,27)21-12-5-17(6-13-21)7-14-22(25)24(16-20-4-3-15-29-20)18-8-10-19(28-2)11-9-18/h3-6,8-13,15,23H,7,14,16H2,1-2H3. The van der Waals surface area contributed by atoms with E-state index < -0.39 is 10.0 Å². The molecule has 30 heavy (non-hydrogen) atoms. The Kier molecular flexibility index (Phi) is 7.25. The van der Waals surface area contributed by atoms with Gasteiger partial charge in [-0.05, 0) is 66.9 Å². The average molecular weight is 445 g/mol. The topological polar surface area (TPSA) is 75.7 Å². The van der Waals surface area contributed by atoms with Crippen LogP contribution in [0, 0.1) is 0 Å². The first-order valence-corrected chi connectivity index (χ1v) is 11.8. The van der Waals surface area contributed by atoms with Crippen molar-refractivity contribution in [2.24, 2.45) is 0 Å². The summed E-state index contributed by atoms with van der Waals surface area (Å²) in [5.41, 5.74) is 1.72. The second-order valence-electron chi connectivity index (χ2n) is 6.61. The molecule has 8 heteroatoms. The summed E-state index contributed by atoms with van der Waals surface area (Å²) in [6, 6.07) is 18.0. The quantitative estimate of drug-likeness (QED) is 0.544. The van der Waals surface area contributed by atoms with E-state index in [0.29, 0.717) is 19.4 Å². The van der Waals surface area contributed by atoms with E-state index in [-0.39, 0.29) is 10.8 Å². The summed E-state index contributed by atoms with van der Waals surface area (Å²) in [5.74, 6) is 0.736. The van der Waals surface area contributed by atoms with Crippen molar-refractivity contribution in [3.05, 3.63) is 76.5 Å². The Balaban J connectivity index is 1.72. The van der Waals surface area contributed by atoms with Gasteiger partial charge in [0.1, 0.15) is 5.75 Å². The molecule has 0 aliphatic heterocycles. The van der Waals surface area contributed by atoms with E-state index in [4.69, 9.17) is 4.74 Å². The second kappa shape index (κ2) is 9.88. The van der Waals surface area contributed by atoms with Gasteiger partial charge in [-0.2, -0.15) is 0 Å². The van der Waals surface area contributed by atoms with Crippen LogP contribution in [-0.4, -0.2) is 28.5 Å². The van der Waals surface area contributed by atoms with Crippen molar-refractivity contribution in [1.82, 2.24) is 4.72 Å². The molecule has 2 aromatic carbocycles. The molecule has 3 rings (SSSR count). The average Bonchev–Trinajstić information content (AvgIpc) is 3.29. The molecule has 6 nitrogen and oxygen atoms in total. The zero-order valence-corrected chi connectivity index (χ0v) is 18.5. The summed E-state index contributed by atoms with van der Waals surface area (Å²) in [6.07, 6.45) is 0.839. The normalized spacial score (nSPS) is 11.3. The predicted molar refractivity (Wildman–Crippen MR) is 120 cm³/mol. The van der Waals surface area contributed by atoms with E-state index in [2.05, 4.69) is 4.72 Å². The highest BCUT2D eigenvalue weighted by Crippen LogP contribution is 2.24. The maximum atomic E-state index is 13.1. The monoisotopic (exact) mass is 444 g/mol. The van der Waals surface area contributed by atoms with Gasteiger partial charge in [0.2, 0.25) is 15.9 Å². The van der Waals surface area contributed by atoms with Gasteiger partial charge in [0.15, 0.2) is 0 Å². The van der Waals surface area contributed by atoms with Crippen LogP contribution >= 0.6 is 11.3 Å². The fraction of sp³-hybridized carbons (Fsp3) is 0.227. The van der Waals surface area contributed by atoms with E-state index in [1.165, 1.54) is 7.05 Å². The molecule has 0 aliphatic rings. The third-order valence-corrected chi connectivity index (χ3v) is 7.00. The predicted octanol–water partition coefficient (Wildman–Crippen LogP) is 3.83. The third-order valence-electron chi connectivity index (χ3n) is 4.71. The molecule has 158 valence electrons. The SMILES string of the molecule is CNS(=O)(=O)c1ccc(CCC(=O)N(Cc2cccs2)c2ccc(OC)cc2)cc1. The van der Waals surface area contributed by atoms with Crippen LogP contribution < -0.4 is 14.4 Å². The van der Waals surface area contributed by atoms with Crippen LogP contribution in [-0.2, 0) is 27.8 Å². The second-order valence-corrected chi connectivity index (χ2v) is 9.53. The number of benzene rings is 2. The molecule has 0 saturated carbocycles. The number of thiophene rings is 1. The minimum Gasteiger partial charge on any atom is -0.497 e. The van der Waals surface area contributed by atoms with E-state index in [1.807, 2.05) is 41.8 Å². The first-order valence-electron chi connectivity index (χ1n) is 9.42. The number of nitrogens with zero attached hydrogens (tertiary/aromatic N) is 1. The Morgan fingerprint density at radius 1 is 1.07 bits per heavy atom. The van der Waals surface area contributed by atoms with Gasteiger partial charge in [-0.15, -0.1) is 11.3 Å². The fourth-order valence-electron chi connectivity index (χ4n) is 2.98. The number of ether oxygens (including phenoxy) is 1. The number of carbonyl (C=O) groups is 1. The fourth-order valence-corrected chi connectivity index (χ4v) is 4.41. The molecule has 1 amide bonds. The molecular formula is C22H24N2O4S2. The van der Waals surface area contributed by atoms with Gasteiger partial charge in [-0.3, -0.25) is 4.79 Å². The number of amides is 1. The van der Waals surface area contributed by atoms with Crippen LogP contribution in [0.15, 0.2) is 70.9 Å². The number of carbonyl (C=O) groups excluding carboxylic acids is 1. The largest absolute Gasteiger partial charge is 0.497 e. The lowest BCUT2D eigenvalue weighted by atomic mass is 10.1. The number of anilines is 1. The molecule has 1 heterocycles. The molecule has 1 aromatic heterocycles. The summed E-state index contributed by atoms with van der Waals surface area (Å²) in [5, 5.41) is 1.99. The van der Waals surface area contributed by atoms with Crippen LogP contribution in [0.2, 0.25) is 0 Å². The van der Waals surface area contributed by atoms with Gasteiger partial charge in [0.25, 0.3) is 0 Å². The molecule has 0 radical (unpaired) electrons. The van der Waals surface area contributed by atoms with Crippen molar-refractivity contribution in [1.29, 1.82) is 0 Å². The van der Waals surface area contributed by atoms with Crippen LogP contribution in [0.5, 0.6) is 5.75 Å². The third kappa shape index (κ3) is 5.47. The zero-order chi connectivity index (χ0) is 21.6. The van der Waals surface area contributed by atoms with E-state index >= 15 is 0 Å². The highest BCUT2D eigenvalue weighted by Gasteiger charge is 2.17. The van der Waals surface area contributed by atoms with Gasteiger partial charge in [0.05, 0.1) is 18.6 Å². The number of hydrogen-bond acceptors (Lipinski definition) is 5. The Labute approximate surface area is 181 Å². The Morgan fingerprint density at radius 3 is 2.33 bits per heavy atom. The minimum atomic E-state index is -3.46. The first kappa shape index (κ1) is 22.0. The molecule has 0 bridgehead atoms. The molecule has 0 fully saturated rings. The Hall–Kier alpha value is -2.68. The van der Waals surface area contributed by atoms with E-state index in [0.717, 1.165) is 21.9 Å². The summed E-state index contributed by atoms with van der Waals surface area (Å²) in [7, 11) is -0.479. The zero-order valence-electron chi connectivity index (χ0n) is 16.9. The number of methoxy groups -OCH3 is 1. The maximum absolute atomic E-state index is 13.1. The van der Waals surface area contributed by atoms with Crippen molar-refractivity contribution < 1.29 is 17.9 Å². The van der Waals surface area contributed by atoms with Crippen molar-refractivity contribution in [2.75, 3.05) is 19.1 Å². The van der Waals surface area contributed by atoms with Crippen molar-refractivity contribution in [3.63, 3.8) is 0 Å². The number of hydrogen-bond donors (Lipinski definition) is 1. The lowest BCUT2D eigenvalue weighted by Gasteiger charge is -2.23. The van der Waals surface area contributed by atoms with Gasteiger partial charge >= 0.3 is 0 Å². The van der Waals surface area contributed by atoms with Gasteiger partial charge in [-0.25, -0.2) is 13.1 Å². The van der Waals surface area contributed by atoms with Crippen LogP contribution in [0.25, 0.3) is 0 Å². The lowest BCUT2D eigenvalue weighted by molar-refractivity contribution is -0.118. The van der Waals surface area contributed by atoms with Gasteiger partial charge < -0.3 is 9.64 Å². The lowest BCUT2D eigenvalue weighted by Crippen LogP contribution is -2.30. The van der Waals surface area contributed by atoms with E-state index in [1.54, 1.807) is 47.6 Å². The summed E-state index contributed by atoms with van der Waals surface area (Å²) in [4.78, 5) is 16.1. The van der Waals surface area contributed by atoms with Gasteiger partial charge in [-0.1, -0.05) is 18.2 Å². The molecule has 3 aromatic rings. The maximum Gasteiger partial charge on any atom is 0.240 e. The highest BCUT2D eigenvalue weighted by atomic mass is 32.2. The van der Waals surface area contributed by atoms with Gasteiger partial charge in [0, 0.05) is 17.0 Å². The number of aryl methyl sites for hydroxylation is 1. The van der Waals surface area contributed by atoms with Crippen LogP contribution in [0.1, 0.15) is 16.9 Å². The number of sulfonamides is 1. The molecule has 1 N–H and O–H groups in total. The Bertz CT molecular complexity index is 1060. The van der Waals surface area contributed by atoms with Crippen molar-refractivity contribution >= 4 is 33.0 Å². The number of nitrogens with one attached hydrogen (secondary N) is 1. The molecule has 0 atom stereocenters.